The van der Waals surface area contributed by atoms with Gasteiger partial charge in [-0.05, 0) is 31.2 Å². The lowest BCUT2D eigenvalue weighted by molar-refractivity contribution is -0.146. The molecule has 0 aliphatic carbocycles. The molecule has 1 aromatic heterocycles. The molecule has 3 heterocycles. The van der Waals surface area contributed by atoms with Crippen molar-refractivity contribution in [2.45, 2.75) is 38.1 Å². The molecule has 4 rings (SSSR count). The number of carbonyl (C=O) groups excluding carboxylic acids is 1. The number of pyridine rings is 1. The Hall–Kier alpha value is -2.47. The van der Waals surface area contributed by atoms with Crippen molar-refractivity contribution in [3.63, 3.8) is 0 Å². The van der Waals surface area contributed by atoms with Gasteiger partial charge in [-0.2, -0.15) is 0 Å². The topological polar surface area (TPSA) is 60.9 Å². The van der Waals surface area contributed by atoms with E-state index in [-0.39, 0.29) is 18.1 Å². The molecule has 7 heteroatoms. The Morgan fingerprint density at radius 1 is 1.15 bits per heavy atom. The van der Waals surface area contributed by atoms with Gasteiger partial charge >= 0.3 is 0 Å². The van der Waals surface area contributed by atoms with E-state index in [4.69, 9.17) is 25.8 Å². The zero-order chi connectivity index (χ0) is 18.8. The maximum absolute atomic E-state index is 12.9. The molecule has 2 aliphatic rings. The molecule has 2 aromatic rings. The highest BCUT2D eigenvalue weighted by atomic mass is 35.5. The average Bonchev–Trinajstić information content (AvgIpc) is 2.69. The average molecular weight is 389 g/mol. The minimum Gasteiger partial charge on any atom is -0.482 e. The first-order valence-electron chi connectivity index (χ1n) is 9.10. The Labute approximate surface area is 163 Å². The van der Waals surface area contributed by atoms with E-state index in [2.05, 4.69) is 4.98 Å². The second-order valence-electron chi connectivity index (χ2n) is 6.74. The van der Waals surface area contributed by atoms with Gasteiger partial charge in [0.05, 0.1) is 0 Å². The van der Waals surface area contributed by atoms with Crippen LogP contribution in [-0.4, -0.2) is 47.2 Å². The van der Waals surface area contributed by atoms with Crippen molar-refractivity contribution < 1.29 is 19.0 Å². The number of aromatic nitrogens is 1. The summed E-state index contributed by atoms with van der Waals surface area (Å²) in [6.45, 7) is 3.06. The molecule has 1 amide bonds. The third-order valence-electron chi connectivity index (χ3n) is 4.84. The van der Waals surface area contributed by atoms with E-state index in [1.165, 1.54) is 0 Å². The van der Waals surface area contributed by atoms with Crippen LogP contribution in [0.2, 0.25) is 5.02 Å². The highest BCUT2D eigenvalue weighted by Crippen LogP contribution is 2.34. The molecule has 1 saturated heterocycles. The fourth-order valence-corrected chi connectivity index (χ4v) is 3.55. The van der Waals surface area contributed by atoms with Gasteiger partial charge in [-0.15, -0.1) is 0 Å². The summed E-state index contributed by atoms with van der Waals surface area (Å²) in [6.07, 6.45) is 2.10. The van der Waals surface area contributed by atoms with Crippen molar-refractivity contribution in [3.05, 3.63) is 47.6 Å². The van der Waals surface area contributed by atoms with E-state index in [0.717, 1.165) is 12.8 Å². The minimum absolute atomic E-state index is 0.0110. The number of para-hydroxylation sites is 2. The monoisotopic (exact) mass is 388 g/mol. The highest BCUT2D eigenvalue weighted by molar-refractivity contribution is 6.31. The van der Waals surface area contributed by atoms with E-state index in [1.54, 1.807) is 18.3 Å². The smallest absolute Gasteiger partial charge is 0.267 e. The molecule has 2 aliphatic heterocycles. The van der Waals surface area contributed by atoms with E-state index in [1.807, 2.05) is 36.1 Å². The zero-order valence-corrected chi connectivity index (χ0v) is 15.8. The second-order valence-corrected chi connectivity index (χ2v) is 7.15. The predicted octanol–water partition coefficient (Wildman–Crippen LogP) is 3.33. The van der Waals surface area contributed by atoms with Crippen LogP contribution in [0.1, 0.15) is 19.8 Å². The van der Waals surface area contributed by atoms with Gasteiger partial charge in [-0.3, -0.25) is 4.79 Å². The van der Waals surface area contributed by atoms with Gasteiger partial charge in [0.1, 0.15) is 17.2 Å². The molecule has 0 radical (unpaired) electrons. The summed E-state index contributed by atoms with van der Waals surface area (Å²) >= 11 is 6.10. The molecule has 27 heavy (non-hydrogen) atoms. The first-order chi connectivity index (χ1) is 13.1. The van der Waals surface area contributed by atoms with E-state index >= 15 is 0 Å². The first-order valence-corrected chi connectivity index (χ1v) is 9.48. The van der Waals surface area contributed by atoms with Gasteiger partial charge in [-0.1, -0.05) is 23.7 Å². The van der Waals surface area contributed by atoms with Gasteiger partial charge in [0.15, 0.2) is 11.5 Å². The summed E-state index contributed by atoms with van der Waals surface area (Å²) in [7, 11) is 0. The molecular weight excluding hydrogens is 368 g/mol. The Morgan fingerprint density at radius 3 is 2.56 bits per heavy atom. The lowest BCUT2D eigenvalue weighted by Gasteiger charge is -2.37. The maximum atomic E-state index is 12.9. The standard InChI is InChI=1S/C20H21ClN2O4/c1-13-18(27-17-7-3-2-6-16(17)25-13)20(24)23-11-8-14(9-12-23)26-19-15(21)5-4-10-22-19/h2-7,10,13-14,18H,8-9,11-12H2,1H3/t13-,18+/m0/s1. The number of fused-ring (bicyclic) bond motifs is 1. The van der Waals surface area contributed by atoms with Crippen molar-refractivity contribution >= 4 is 17.5 Å². The molecule has 2 atom stereocenters. The van der Waals surface area contributed by atoms with Crippen molar-refractivity contribution in [3.8, 4) is 17.4 Å². The fourth-order valence-electron chi connectivity index (χ4n) is 3.38. The fraction of sp³-hybridized carbons (Fsp3) is 0.400. The van der Waals surface area contributed by atoms with Crippen LogP contribution in [0.4, 0.5) is 0 Å². The number of piperidine rings is 1. The summed E-state index contributed by atoms with van der Waals surface area (Å²) in [5.74, 6) is 1.68. The van der Waals surface area contributed by atoms with Crippen LogP contribution in [0.5, 0.6) is 17.4 Å². The third kappa shape index (κ3) is 3.81. The lowest BCUT2D eigenvalue weighted by Crippen LogP contribution is -2.53. The van der Waals surface area contributed by atoms with Crippen LogP contribution in [0.25, 0.3) is 0 Å². The number of ether oxygens (including phenoxy) is 3. The number of amides is 1. The van der Waals surface area contributed by atoms with Crippen LogP contribution in [-0.2, 0) is 4.79 Å². The molecule has 1 aromatic carbocycles. The van der Waals surface area contributed by atoms with Gasteiger partial charge in [-0.25, -0.2) is 4.98 Å². The molecule has 0 saturated carbocycles. The lowest BCUT2D eigenvalue weighted by atomic mass is 10.1. The van der Waals surface area contributed by atoms with E-state index < -0.39 is 6.10 Å². The largest absolute Gasteiger partial charge is 0.482 e. The molecular formula is C20H21ClN2O4. The first kappa shape index (κ1) is 17.9. The number of benzene rings is 1. The minimum atomic E-state index is -0.636. The van der Waals surface area contributed by atoms with Crippen LogP contribution >= 0.6 is 11.6 Å². The van der Waals surface area contributed by atoms with Gasteiger partial charge < -0.3 is 19.1 Å². The SMILES string of the molecule is C[C@@H]1Oc2ccccc2O[C@H]1C(=O)N1CCC(Oc2ncccc2Cl)CC1. The molecule has 1 fully saturated rings. The zero-order valence-electron chi connectivity index (χ0n) is 15.0. The molecule has 0 spiro atoms. The van der Waals surface area contributed by atoms with Crippen LogP contribution in [0.15, 0.2) is 42.6 Å². The summed E-state index contributed by atoms with van der Waals surface area (Å²) in [6, 6.07) is 10.9. The van der Waals surface area contributed by atoms with Crippen LogP contribution in [0, 0.1) is 0 Å². The van der Waals surface area contributed by atoms with Crippen LogP contribution < -0.4 is 14.2 Å². The maximum Gasteiger partial charge on any atom is 0.267 e. The van der Waals surface area contributed by atoms with E-state index in [0.29, 0.717) is 35.5 Å². The summed E-state index contributed by atoms with van der Waals surface area (Å²) < 4.78 is 17.7. The highest BCUT2D eigenvalue weighted by Gasteiger charge is 2.38. The molecule has 6 nitrogen and oxygen atoms in total. The number of likely N-dealkylation sites (tertiary alicyclic amines) is 1. The molecule has 0 N–H and O–H groups in total. The van der Waals surface area contributed by atoms with Gasteiger partial charge in [0.2, 0.25) is 12.0 Å². The van der Waals surface area contributed by atoms with E-state index in [9.17, 15) is 4.79 Å². The Morgan fingerprint density at radius 2 is 1.85 bits per heavy atom. The summed E-state index contributed by atoms with van der Waals surface area (Å²) in [5.41, 5.74) is 0. The Balaban J connectivity index is 1.36. The van der Waals surface area contributed by atoms with Crippen molar-refractivity contribution in [1.29, 1.82) is 0 Å². The summed E-state index contributed by atoms with van der Waals surface area (Å²) in [5, 5.41) is 0.497. The summed E-state index contributed by atoms with van der Waals surface area (Å²) in [4.78, 5) is 18.9. The molecule has 0 bridgehead atoms. The van der Waals surface area contributed by atoms with Gasteiger partial charge in [0, 0.05) is 32.1 Å². The van der Waals surface area contributed by atoms with Crippen molar-refractivity contribution in [1.82, 2.24) is 9.88 Å². The second kappa shape index (κ2) is 7.64. The normalized spacial score (nSPS) is 22.4. The molecule has 0 unspecified atom stereocenters. The number of hydrogen-bond acceptors (Lipinski definition) is 5. The predicted molar refractivity (Wildman–Crippen MR) is 100 cm³/mol. The van der Waals surface area contributed by atoms with Crippen LogP contribution in [0.3, 0.4) is 0 Å². The number of hydrogen-bond donors (Lipinski definition) is 0. The Kier molecular flexibility index (Phi) is 5.07. The number of rotatable bonds is 3. The third-order valence-corrected chi connectivity index (χ3v) is 5.13. The quantitative estimate of drug-likeness (QED) is 0.807. The van der Waals surface area contributed by atoms with Crippen molar-refractivity contribution in [2.75, 3.05) is 13.1 Å². The van der Waals surface area contributed by atoms with Crippen molar-refractivity contribution in [2.24, 2.45) is 0 Å². The number of halogens is 1. The Bertz CT molecular complexity index is 823. The van der Waals surface area contributed by atoms with Gasteiger partial charge in [0.25, 0.3) is 5.91 Å². The number of carbonyl (C=O) groups is 1. The molecule has 142 valence electrons. The number of nitrogens with zero attached hydrogens (tertiary/aromatic N) is 2.